The molecule has 0 saturated carbocycles. The third-order valence-electron chi connectivity index (χ3n) is 3.31. The highest BCUT2D eigenvalue weighted by Crippen LogP contribution is 2.14. The molecule has 0 unspecified atom stereocenters. The molecule has 0 aliphatic rings. The fourth-order valence-corrected chi connectivity index (χ4v) is 2.34. The molecule has 0 saturated heterocycles. The second-order valence-electron chi connectivity index (χ2n) is 5.39. The standard InChI is InChI=1S/C17H27NO2/c1-5-7-9-11-13-18(14-12-10-8-6-2)16(15(3)4)17(19)20/h1-2,15-16H,7-14H2,3-4H3,(H,19,20)/t16-/m0/s1. The topological polar surface area (TPSA) is 40.5 Å². The molecular weight excluding hydrogens is 250 g/mol. The van der Waals surface area contributed by atoms with Crippen molar-refractivity contribution in [3.63, 3.8) is 0 Å². The molecule has 1 atom stereocenters. The minimum Gasteiger partial charge on any atom is -0.480 e. The van der Waals surface area contributed by atoms with Crippen LogP contribution in [0, 0.1) is 30.6 Å². The Morgan fingerprint density at radius 1 is 1.05 bits per heavy atom. The number of carbonyl (C=O) groups is 1. The Balaban J connectivity index is 4.46. The van der Waals surface area contributed by atoms with Crippen molar-refractivity contribution < 1.29 is 9.90 Å². The second-order valence-corrected chi connectivity index (χ2v) is 5.39. The van der Waals surface area contributed by atoms with Crippen LogP contribution in [0.25, 0.3) is 0 Å². The van der Waals surface area contributed by atoms with E-state index in [9.17, 15) is 9.90 Å². The first-order valence-corrected chi connectivity index (χ1v) is 7.38. The Hall–Kier alpha value is -1.45. The summed E-state index contributed by atoms with van der Waals surface area (Å²) >= 11 is 0. The summed E-state index contributed by atoms with van der Waals surface area (Å²) in [5.74, 6) is 4.59. The molecule has 0 aromatic rings. The molecule has 0 bridgehead atoms. The van der Waals surface area contributed by atoms with Gasteiger partial charge in [0, 0.05) is 12.8 Å². The molecule has 0 aromatic carbocycles. The van der Waals surface area contributed by atoms with E-state index < -0.39 is 12.0 Å². The van der Waals surface area contributed by atoms with Crippen LogP contribution in [0.15, 0.2) is 0 Å². The maximum absolute atomic E-state index is 11.5. The van der Waals surface area contributed by atoms with Crippen LogP contribution in [-0.2, 0) is 4.79 Å². The lowest BCUT2D eigenvalue weighted by atomic mass is 10.0. The molecule has 112 valence electrons. The maximum Gasteiger partial charge on any atom is 0.321 e. The number of hydrogen-bond donors (Lipinski definition) is 1. The van der Waals surface area contributed by atoms with Crippen LogP contribution in [0.3, 0.4) is 0 Å². The summed E-state index contributed by atoms with van der Waals surface area (Å²) < 4.78 is 0. The molecule has 3 heteroatoms. The highest BCUT2D eigenvalue weighted by Gasteiger charge is 2.27. The summed E-state index contributed by atoms with van der Waals surface area (Å²) in [5, 5.41) is 9.41. The van der Waals surface area contributed by atoms with Gasteiger partial charge in [-0.2, -0.15) is 0 Å². The zero-order valence-electron chi connectivity index (χ0n) is 12.8. The predicted octanol–water partition coefficient (Wildman–Crippen LogP) is 3.00. The Kier molecular flexibility index (Phi) is 10.6. The lowest BCUT2D eigenvalue weighted by Gasteiger charge is -2.31. The lowest BCUT2D eigenvalue weighted by molar-refractivity contribution is -0.145. The Labute approximate surface area is 123 Å². The third-order valence-corrected chi connectivity index (χ3v) is 3.31. The van der Waals surface area contributed by atoms with Crippen molar-refractivity contribution in [1.82, 2.24) is 4.90 Å². The number of nitrogens with zero attached hydrogens (tertiary/aromatic N) is 1. The average Bonchev–Trinajstić information content (AvgIpc) is 2.38. The minimum absolute atomic E-state index is 0.0905. The molecule has 20 heavy (non-hydrogen) atoms. The normalized spacial score (nSPS) is 12.1. The van der Waals surface area contributed by atoms with E-state index in [2.05, 4.69) is 16.7 Å². The molecule has 0 aliphatic carbocycles. The molecular formula is C17H27NO2. The van der Waals surface area contributed by atoms with Crippen molar-refractivity contribution in [1.29, 1.82) is 0 Å². The number of terminal acetylenes is 2. The van der Waals surface area contributed by atoms with E-state index in [1.807, 2.05) is 13.8 Å². The van der Waals surface area contributed by atoms with Crippen molar-refractivity contribution in [2.75, 3.05) is 13.1 Å². The average molecular weight is 277 g/mol. The number of aliphatic carboxylic acids is 1. The molecule has 0 heterocycles. The Morgan fingerprint density at radius 3 is 1.80 bits per heavy atom. The predicted molar refractivity (Wildman–Crippen MR) is 83.2 cm³/mol. The van der Waals surface area contributed by atoms with E-state index in [1.165, 1.54) is 0 Å². The maximum atomic E-state index is 11.5. The molecule has 0 radical (unpaired) electrons. The van der Waals surface area contributed by atoms with Gasteiger partial charge in [0.1, 0.15) is 6.04 Å². The first kappa shape index (κ1) is 18.6. The fraction of sp³-hybridized carbons (Fsp3) is 0.706. The monoisotopic (exact) mass is 277 g/mol. The summed E-state index contributed by atoms with van der Waals surface area (Å²) in [5.41, 5.74) is 0. The highest BCUT2D eigenvalue weighted by atomic mass is 16.4. The van der Waals surface area contributed by atoms with Gasteiger partial charge in [-0.25, -0.2) is 0 Å². The molecule has 0 amide bonds. The van der Waals surface area contributed by atoms with Crippen LogP contribution in [0.5, 0.6) is 0 Å². The van der Waals surface area contributed by atoms with Gasteiger partial charge in [0.25, 0.3) is 0 Å². The van der Waals surface area contributed by atoms with Gasteiger partial charge in [-0.1, -0.05) is 13.8 Å². The van der Waals surface area contributed by atoms with Crippen molar-refractivity contribution in [2.45, 2.75) is 58.4 Å². The molecule has 1 N–H and O–H groups in total. The first-order chi connectivity index (χ1) is 9.54. The first-order valence-electron chi connectivity index (χ1n) is 7.38. The molecule has 0 rings (SSSR count). The van der Waals surface area contributed by atoms with E-state index in [4.69, 9.17) is 12.8 Å². The van der Waals surface area contributed by atoms with E-state index in [-0.39, 0.29) is 5.92 Å². The summed E-state index contributed by atoms with van der Waals surface area (Å²) in [6.45, 7) is 5.48. The fourth-order valence-electron chi connectivity index (χ4n) is 2.34. The number of carboxylic acids is 1. The van der Waals surface area contributed by atoms with Gasteiger partial charge in [-0.05, 0) is 44.7 Å². The van der Waals surface area contributed by atoms with Crippen LogP contribution in [-0.4, -0.2) is 35.1 Å². The van der Waals surface area contributed by atoms with Gasteiger partial charge in [-0.15, -0.1) is 24.7 Å². The van der Waals surface area contributed by atoms with Gasteiger partial charge in [-0.3, -0.25) is 9.69 Å². The number of unbranched alkanes of at least 4 members (excludes halogenated alkanes) is 4. The SMILES string of the molecule is C#CCCCCN(CCCCC#C)[C@H](C(=O)O)C(C)C. The van der Waals surface area contributed by atoms with Gasteiger partial charge in [0.05, 0.1) is 0 Å². The zero-order valence-corrected chi connectivity index (χ0v) is 12.8. The van der Waals surface area contributed by atoms with Gasteiger partial charge in [0.15, 0.2) is 0 Å². The second kappa shape index (κ2) is 11.4. The Morgan fingerprint density at radius 2 is 1.50 bits per heavy atom. The van der Waals surface area contributed by atoms with Crippen molar-refractivity contribution in [2.24, 2.45) is 5.92 Å². The summed E-state index contributed by atoms with van der Waals surface area (Å²) in [7, 11) is 0. The third kappa shape index (κ3) is 7.87. The molecule has 3 nitrogen and oxygen atoms in total. The minimum atomic E-state index is -0.742. The molecule has 0 spiro atoms. The van der Waals surface area contributed by atoms with E-state index in [0.717, 1.165) is 51.6 Å². The molecule has 0 fully saturated rings. The quantitative estimate of drug-likeness (QED) is 0.466. The van der Waals surface area contributed by atoms with Crippen LogP contribution < -0.4 is 0 Å². The number of carboxylic acid groups (broad SMARTS) is 1. The van der Waals surface area contributed by atoms with E-state index in [0.29, 0.717) is 0 Å². The van der Waals surface area contributed by atoms with Crippen molar-refractivity contribution in [3.8, 4) is 24.7 Å². The van der Waals surface area contributed by atoms with Crippen LogP contribution >= 0.6 is 0 Å². The Bertz CT molecular complexity index is 327. The number of rotatable bonds is 11. The summed E-state index contributed by atoms with van der Waals surface area (Å²) in [6, 6.07) is -0.424. The zero-order chi connectivity index (χ0) is 15.4. The van der Waals surface area contributed by atoms with E-state index in [1.54, 1.807) is 0 Å². The highest BCUT2D eigenvalue weighted by molar-refractivity contribution is 5.73. The van der Waals surface area contributed by atoms with Crippen molar-refractivity contribution >= 4 is 5.97 Å². The van der Waals surface area contributed by atoms with E-state index >= 15 is 0 Å². The van der Waals surface area contributed by atoms with Crippen LogP contribution in [0.4, 0.5) is 0 Å². The number of hydrogen-bond acceptors (Lipinski definition) is 2. The lowest BCUT2D eigenvalue weighted by Crippen LogP contribution is -2.45. The molecule has 0 aliphatic heterocycles. The van der Waals surface area contributed by atoms with Gasteiger partial charge < -0.3 is 5.11 Å². The van der Waals surface area contributed by atoms with Gasteiger partial charge >= 0.3 is 5.97 Å². The molecule has 0 aromatic heterocycles. The van der Waals surface area contributed by atoms with Gasteiger partial charge in [0.2, 0.25) is 0 Å². The van der Waals surface area contributed by atoms with Crippen LogP contribution in [0.2, 0.25) is 0 Å². The van der Waals surface area contributed by atoms with Crippen molar-refractivity contribution in [3.05, 3.63) is 0 Å². The summed E-state index contributed by atoms with van der Waals surface area (Å²) in [6.07, 6.45) is 15.8. The largest absolute Gasteiger partial charge is 0.480 e. The summed E-state index contributed by atoms with van der Waals surface area (Å²) in [4.78, 5) is 13.5. The smallest absolute Gasteiger partial charge is 0.321 e. The van der Waals surface area contributed by atoms with Crippen LogP contribution in [0.1, 0.15) is 52.4 Å².